The number of nitrogens with one attached hydrogen (secondary N) is 2. The Labute approximate surface area is 220 Å². The number of anilines is 1. The summed E-state index contributed by atoms with van der Waals surface area (Å²) in [5, 5.41) is 15.8. The molecule has 0 fully saturated rings. The molecule has 0 spiro atoms. The molecule has 3 N–H and O–H groups in total. The Morgan fingerprint density at radius 3 is 2.78 bits per heavy atom. The van der Waals surface area contributed by atoms with Crippen LogP contribution in [-0.4, -0.2) is 51.5 Å². The Bertz CT molecular complexity index is 1360. The lowest BCUT2D eigenvalue weighted by molar-refractivity contribution is -0.122. The Balaban J connectivity index is 1.46. The average Bonchev–Trinajstić information content (AvgIpc) is 3.19. The minimum absolute atomic E-state index is 0.0685. The highest BCUT2D eigenvalue weighted by Gasteiger charge is 2.30. The highest BCUT2D eigenvalue weighted by molar-refractivity contribution is 6.33. The van der Waals surface area contributed by atoms with Crippen LogP contribution in [-0.2, 0) is 11.3 Å². The number of methoxy groups -OCH3 is 1. The topological polar surface area (TPSA) is 117 Å². The van der Waals surface area contributed by atoms with Crippen LogP contribution >= 0.6 is 11.6 Å². The van der Waals surface area contributed by atoms with Crippen molar-refractivity contribution in [3.8, 4) is 17.0 Å². The van der Waals surface area contributed by atoms with Crippen LogP contribution in [0.15, 0.2) is 60.9 Å². The van der Waals surface area contributed by atoms with Gasteiger partial charge in [0, 0.05) is 23.4 Å². The summed E-state index contributed by atoms with van der Waals surface area (Å²) in [5.74, 6) is 0.427. The molecule has 37 heavy (non-hydrogen) atoms. The van der Waals surface area contributed by atoms with Crippen molar-refractivity contribution in [3.63, 3.8) is 0 Å². The monoisotopic (exact) mass is 521 g/mol. The van der Waals surface area contributed by atoms with E-state index in [2.05, 4.69) is 27.2 Å². The van der Waals surface area contributed by atoms with Crippen molar-refractivity contribution in [1.82, 2.24) is 20.2 Å². The van der Waals surface area contributed by atoms with Gasteiger partial charge in [-0.3, -0.25) is 9.59 Å². The molecule has 2 aromatic carbocycles. The smallest absolute Gasteiger partial charge is 0.254 e. The third kappa shape index (κ3) is 5.90. The van der Waals surface area contributed by atoms with E-state index in [1.165, 1.54) is 11.1 Å². The molecule has 1 aromatic heterocycles. The standard InChI is InChI=1S/C27H28ClN5O4/c1-15(17(3)34)31-27-29-12-23(28)25(32-27)19-8-9-20-13-33(26(36)22(20)11-19)14-24(35)30-16(2)18-6-5-7-21(10-18)37-4/h5-12,16-17,34H,1,13-14H2,2-4H3,(H,30,35)(H,29,31,32)/t16-,17?/m1/s1. The largest absolute Gasteiger partial charge is 0.497 e. The minimum atomic E-state index is -0.790. The summed E-state index contributed by atoms with van der Waals surface area (Å²) >= 11 is 6.35. The van der Waals surface area contributed by atoms with Crippen LogP contribution in [0.25, 0.3) is 11.3 Å². The number of ether oxygens (including phenoxy) is 1. The number of benzene rings is 2. The van der Waals surface area contributed by atoms with E-state index in [9.17, 15) is 14.7 Å². The van der Waals surface area contributed by atoms with Crippen molar-refractivity contribution >= 4 is 29.4 Å². The number of aliphatic hydroxyl groups is 1. The fourth-order valence-electron chi connectivity index (χ4n) is 3.97. The SMILES string of the molecule is C=C(Nc1ncc(Cl)c(-c2ccc3c(c2)C(=O)N(CC(=O)N[C@H](C)c2cccc(OC)c2)C3)n1)C(C)O. The molecule has 2 atom stereocenters. The van der Waals surface area contributed by atoms with Crippen molar-refractivity contribution in [2.45, 2.75) is 32.5 Å². The lowest BCUT2D eigenvalue weighted by Crippen LogP contribution is -2.38. The molecule has 10 heteroatoms. The normalized spacial score (nSPS) is 14.1. The van der Waals surface area contributed by atoms with E-state index in [0.717, 1.165) is 11.1 Å². The van der Waals surface area contributed by atoms with Gasteiger partial charge in [-0.2, -0.15) is 0 Å². The van der Waals surface area contributed by atoms with Crippen LogP contribution < -0.4 is 15.4 Å². The Kier molecular flexibility index (Phi) is 7.75. The molecule has 0 radical (unpaired) electrons. The summed E-state index contributed by atoms with van der Waals surface area (Å²) in [6, 6.07) is 12.6. The van der Waals surface area contributed by atoms with Gasteiger partial charge in [-0.05, 0) is 43.2 Å². The minimum Gasteiger partial charge on any atom is -0.497 e. The van der Waals surface area contributed by atoms with Gasteiger partial charge in [0.15, 0.2) is 0 Å². The first-order chi connectivity index (χ1) is 17.7. The molecule has 2 amide bonds. The summed E-state index contributed by atoms with van der Waals surface area (Å²) in [4.78, 5) is 35.9. The van der Waals surface area contributed by atoms with Gasteiger partial charge in [-0.25, -0.2) is 9.97 Å². The van der Waals surface area contributed by atoms with Crippen LogP contribution in [0.5, 0.6) is 5.75 Å². The van der Waals surface area contributed by atoms with E-state index < -0.39 is 6.10 Å². The highest BCUT2D eigenvalue weighted by atomic mass is 35.5. The first kappa shape index (κ1) is 26.1. The number of amides is 2. The van der Waals surface area contributed by atoms with Crippen LogP contribution in [0, 0.1) is 0 Å². The summed E-state index contributed by atoms with van der Waals surface area (Å²) in [5.41, 5.74) is 3.60. The Morgan fingerprint density at radius 1 is 1.27 bits per heavy atom. The van der Waals surface area contributed by atoms with Crippen LogP contribution in [0.2, 0.25) is 5.02 Å². The number of halogens is 1. The van der Waals surface area contributed by atoms with E-state index in [0.29, 0.717) is 39.8 Å². The number of fused-ring (bicyclic) bond motifs is 1. The highest BCUT2D eigenvalue weighted by Crippen LogP contribution is 2.31. The second-order valence-electron chi connectivity index (χ2n) is 8.82. The second-order valence-corrected chi connectivity index (χ2v) is 9.22. The number of hydrogen-bond acceptors (Lipinski definition) is 7. The van der Waals surface area contributed by atoms with Crippen molar-refractivity contribution in [3.05, 3.63) is 82.7 Å². The van der Waals surface area contributed by atoms with E-state index in [-0.39, 0.29) is 30.3 Å². The first-order valence-electron chi connectivity index (χ1n) is 11.7. The lowest BCUT2D eigenvalue weighted by atomic mass is 10.0. The first-order valence-corrected chi connectivity index (χ1v) is 12.1. The van der Waals surface area contributed by atoms with Crippen molar-refractivity contribution < 1.29 is 19.4 Å². The fraction of sp³-hybridized carbons (Fsp3) is 0.259. The van der Waals surface area contributed by atoms with E-state index in [1.807, 2.05) is 43.3 Å². The Morgan fingerprint density at radius 2 is 2.05 bits per heavy atom. The number of aliphatic hydroxyl groups excluding tert-OH is 1. The molecular weight excluding hydrogens is 494 g/mol. The van der Waals surface area contributed by atoms with Gasteiger partial charge in [0.1, 0.15) is 12.3 Å². The summed E-state index contributed by atoms with van der Waals surface area (Å²) in [6.45, 7) is 7.46. The molecule has 192 valence electrons. The van der Waals surface area contributed by atoms with Crippen LogP contribution in [0.3, 0.4) is 0 Å². The van der Waals surface area contributed by atoms with Crippen molar-refractivity contribution in [2.24, 2.45) is 0 Å². The van der Waals surface area contributed by atoms with Gasteiger partial charge in [-0.1, -0.05) is 42.4 Å². The summed E-state index contributed by atoms with van der Waals surface area (Å²) in [6.07, 6.45) is 0.651. The number of carbonyl (C=O) groups is 2. The van der Waals surface area contributed by atoms with E-state index in [4.69, 9.17) is 16.3 Å². The Hall–Kier alpha value is -3.95. The maximum absolute atomic E-state index is 13.1. The molecule has 0 bridgehead atoms. The molecular formula is C27H28ClN5O4. The number of carbonyl (C=O) groups excluding carboxylic acids is 2. The number of rotatable bonds is 9. The van der Waals surface area contributed by atoms with Crippen molar-refractivity contribution in [2.75, 3.05) is 19.0 Å². The third-order valence-electron chi connectivity index (χ3n) is 6.09. The molecule has 0 aliphatic carbocycles. The molecule has 1 unspecified atom stereocenters. The van der Waals surface area contributed by atoms with Gasteiger partial charge in [-0.15, -0.1) is 0 Å². The van der Waals surface area contributed by atoms with Gasteiger partial charge in [0.2, 0.25) is 11.9 Å². The molecule has 1 aliphatic rings. The zero-order valence-electron chi connectivity index (χ0n) is 20.8. The number of nitrogens with zero attached hydrogens (tertiary/aromatic N) is 3. The van der Waals surface area contributed by atoms with Crippen molar-refractivity contribution in [1.29, 1.82) is 0 Å². The number of hydrogen-bond donors (Lipinski definition) is 3. The predicted molar refractivity (Wildman–Crippen MR) is 141 cm³/mol. The van der Waals surface area contributed by atoms with Gasteiger partial charge >= 0.3 is 0 Å². The molecule has 2 heterocycles. The molecule has 9 nitrogen and oxygen atoms in total. The fourth-order valence-corrected chi connectivity index (χ4v) is 4.17. The molecule has 1 aliphatic heterocycles. The average molecular weight is 522 g/mol. The zero-order chi connectivity index (χ0) is 26.7. The zero-order valence-corrected chi connectivity index (χ0v) is 21.5. The van der Waals surface area contributed by atoms with Gasteiger partial charge < -0.3 is 25.4 Å². The third-order valence-corrected chi connectivity index (χ3v) is 6.37. The predicted octanol–water partition coefficient (Wildman–Crippen LogP) is 3.95. The summed E-state index contributed by atoms with van der Waals surface area (Å²) < 4.78 is 5.25. The second kappa shape index (κ2) is 11.0. The molecule has 0 saturated carbocycles. The molecule has 4 rings (SSSR count). The van der Waals surface area contributed by atoms with E-state index in [1.54, 1.807) is 20.1 Å². The maximum atomic E-state index is 13.1. The maximum Gasteiger partial charge on any atom is 0.254 e. The molecule has 0 saturated heterocycles. The summed E-state index contributed by atoms with van der Waals surface area (Å²) in [7, 11) is 1.59. The lowest BCUT2D eigenvalue weighted by Gasteiger charge is -2.19. The van der Waals surface area contributed by atoms with Crippen LogP contribution in [0.4, 0.5) is 5.95 Å². The van der Waals surface area contributed by atoms with Gasteiger partial charge in [0.25, 0.3) is 5.91 Å². The quantitative estimate of drug-likeness (QED) is 0.390. The van der Waals surface area contributed by atoms with E-state index >= 15 is 0 Å². The molecule has 3 aromatic rings. The van der Waals surface area contributed by atoms with Gasteiger partial charge in [0.05, 0.1) is 36.2 Å². The van der Waals surface area contributed by atoms with Crippen LogP contribution in [0.1, 0.15) is 41.4 Å². The number of aromatic nitrogens is 2.